The molecular formula is C25H26N2O4. The van der Waals surface area contributed by atoms with E-state index in [1.165, 1.54) is 7.11 Å². The largest absolute Gasteiger partial charge is 0.491 e. The van der Waals surface area contributed by atoms with Crippen molar-refractivity contribution in [3.05, 3.63) is 96.6 Å². The molecule has 0 spiro atoms. The van der Waals surface area contributed by atoms with E-state index in [0.717, 1.165) is 11.3 Å². The summed E-state index contributed by atoms with van der Waals surface area (Å²) in [6.45, 7) is 0.0873. The fraction of sp³-hybridized carbons (Fsp3) is 0.200. The van der Waals surface area contributed by atoms with Gasteiger partial charge in [0.15, 0.2) is 0 Å². The molecule has 0 heterocycles. The molecule has 0 aliphatic carbocycles. The molecule has 0 saturated heterocycles. The van der Waals surface area contributed by atoms with E-state index in [9.17, 15) is 9.59 Å². The average molecular weight is 418 g/mol. The van der Waals surface area contributed by atoms with Crippen LogP contribution in [0.3, 0.4) is 0 Å². The summed E-state index contributed by atoms with van der Waals surface area (Å²) >= 11 is 0. The second kappa shape index (κ2) is 11.4. The number of esters is 1. The lowest BCUT2D eigenvalue weighted by Crippen LogP contribution is -2.51. The smallest absolute Gasteiger partial charge is 0.328 e. The van der Waals surface area contributed by atoms with E-state index in [4.69, 9.17) is 9.47 Å². The Labute approximate surface area is 182 Å². The van der Waals surface area contributed by atoms with Crippen LogP contribution in [0.4, 0.5) is 5.69 Å². The van der Waals surface area contributed by atoms with Crippen molar-refractivity contribution in [2.75, 3.05) is 19.0 Å². The summed E-state index contributed by atoms with van der Waals surface area (Å²) in [4.78, 5) is 25.5. The van der Waals surface area contributed by atoms with Gasteiger partial charge in [0, 0.05) is 12.1 Å². The molecule has 0 bridgehead atoms. The van der Waals surface area contributed by atoms with Gasteiger partial charge in [0.1, 0.15) is 24.4 Å². The van der Waals surface area contributed by atoms with Gasteiger partial charge in [0.2, 0.25) is 5.91 Å². The molecule has 2 atom stereocenters. The Balaban J connectivity index is 1.73. The van der Waals surface area contributed by atoms with Crippen LogP contribution in [0.1, 0.15) is 5.56 Å². The molecule has 6 nitrogen and oxygen atoms in total. The first-order valence-electron chi connectivity index (χ1n) is 10.1. The van der Waals surface area contributed by atoms with E-state index in [0.29, 0.717) is 12.2 Å². The van der Waals surface area contributed by atoms with E-state index >= 15 is 0 Å². The minimum absolute atomic E-state index is 0.0873. The highest BCUT2D eigenvalue weighted by Crippen LogP contribution is 2.12. The highest BCUT2D eigenvalue weighted by Gasteiger charge is 2.27. The number of nitrogens with one attached hydrogen (secondary N) is 2. The zero-order chi connectivity index (χ0) is 21.9. The number of carbonyl (C=O) groups is 2. The van der Waals surface area contributed by atoms with Gasteiger partial charge in [-0.25, -0.2) is 4.79 Å². The maximum atomic E-state index is 13.1. The fourth-order valence-electron chi connectivity index (χ4n) is 3.07. The Morgan fingerprint density at radius 3 is 2.00 bits per heavy atom. The van der Waals surface area contributed by atoms with Crippen molar-refractivity contribution in [2.45, 2.75) is 18.5 Å². The van der Waals surface area contributed by atoms with Crippen LogP contribution < -0.4 is 15.4 Å². The van der Waals surface area contributed by atoms with Gasteiger partial charge < -0.3 is 20.1 Å². The van der Waals surface area contributed by atoms with Gasteiger partial charge in [0.05, 0.1) is 7.11 Å². The summed E-state index contributed by atoms with van der Waals surface area (Å²) in [5.41, 5.74) is 1.70. The maximum Gasteiger partial charge on any atom is 0.328 e. The van der Waals surface area contributed by atoms with Crippen LogP contribution >= 0.6 is 0 Å². The molecule has 3 aromatic rings. The standard InChI is InChI=1S/C25H26N2O4/c1-30-25(29)22(17-19-11-5-2-6-12-19)27-24(28)23(26-20-13-7-3-8-14-20)18-31-21-15-9-4-10-16-21/h2-16,22-23,26H,17-18H2,1H3,(H,27,28)/t22-,23+/m0/s1. The molecule has 6 heteroatoms. The first-order chi connectivity index (χ1) is 15.2. The molecule has 3 aromatic carbocycles. The first-order valence-corrected chi connectivity index (χ1v) is 10.1. The second-order valence-electron chi connectivity index (χ2n) is 6.96. The van der Waals surface area contributed by atoms with Crippen LogP contribution in [-0.4, -0.2) is 37.7 Å². The minimum atomic E-state index is -0.809. The van der Waals surface area contributed by atoms with Crippen LogP contribution in [0.25, 0.3) is 0 Å². The molecule has 3 rings (SSSR count). The molecular weight excluding hydrogens is 392 g/mol. The maximum absolute atomic E-state index is 13.1. The Morgan fingerprint density at radius 1 is 0.806 bits per heavy atom. The summed E-state index contributed by atoms with van der Waals surface area (Å²) in [5, 5.41) is 6.00. The summed E-state index contributed by atoms with van der Waals surface area (Å²) in [6, 6.07) is 26.6. The van der Waals surface area contributed by atoms with Crippen molar-refractivity contribution >= 4 is 17.6 Å². The van der Waals surface area contributed by atoms with Gasteiger partial charge in [-0.15, -0.1) is 0 Å². The lowest BCUT2D eigenvalue weighted by molar-refractivity contribution is -0.145. The monoisotopic (exact) mass is 418 g/mol. The minimum Gasteiger partial charge on any atom is -0.491 e. The van der Waals surface area contributed by atoms with Crippen molar-refractivity contribution < 1.29 is 19.1 Å². The van der Waals surface area contributed by atoms with Crippen molar-refractivity contribution in [1.29, 1.82) is 0 Å². The molecule has 0 saturated carbocycles. The zero-order valence-corrected chi connectivity index (χ0v) is 17.4. The summed E-state index contributed by atoms with van der Waals surface area (Å²) in [5.74, 6) is -0.199. The Morgan fingerprint density at radius 2 is 1.39 bits per heavy atom. The first kappa shape index (κ1) is 21.9. The molecule has 1 amide bonds. The van der Waals surface area contributed by atoms with Gasteiger partial charge >= 0.3 is 5.97 Å². The Kier molecular flexibility index (Phi) is 8.05. The van der Waals surface area contributed by atoms with Crippen molar-refractivity contribution in [2.24, 2.45) is 0 Å². The highest BCUT2D eigenvalue weighted by atomic mass is 16.5. The van der Waals surface area contributed by atoms with Crippen LogP contribution in [-0.2, 0) is 20.7 Å². The fourth-order valence-corrected chi connectivity index (χ4v) is 3.07. The van der Waals surface area contributed by atoms with E-state index < -0.39 is 18.1 Å². The van der Waals surface area contributed by atoms with Crippen LogP contribution in [0.5, 0.6) is 5.75 Å². The Bertz CT molecular complexity index is 949. The third kappa shape index (κ3) is 6.89. The van der Waals surface area contributed by atoms with Gasteiger partial charge in [0.25, 0.3) is 0 Å². The van der Waals surface area contributed by atoms with Gasteiger partial charge in [-0.1, -0.05) is 66.7 Å². The number of methoxy groups -OCH3 is 1. The normalized spacial score (nSPS) is 12.3. The number of hydrogen-bond acceptors (Lipinski definition) is 5. The third-order valence-corrected chi connectivity index (χ3v) is 4.68. The molecule has 0 aliphatic rings. The zero-order valence-electron chi connectivity index (χ0n) is 17.4. The predicted molar refractivity (Wildman–Crippen MR) is 120 cm³/mol. The lowest BCUT2D eigenvalue weighted by atomic mass is 10.1. The van der Waals surface area contributed by atoms with Gasteiger partial charge in [-0.2, -0.15) is 0 Å². The number of hydrogen-bond donors (Lipinski definition) is 2. The van der Waals surface area contributed by atoms with Crippen molar-refractivity contribution in [1.82, 2.24) is 5.32 Å². The molecule has 0 unspecified atom stereocenters. The predicted octanol–water partition coefficient (Wildman–Crippen LogP) is 3.45. The molecule has 0 aliphatic heterocycles. The molecule has 0 aromatic heterocycles. The van der Waals surface area contributed by atoms with Crippen molar-refractivity contribution in [3.63, 3.8) is 0 Å². The van der Waals surface area contributed by atoms with E-state index in [1.54, 1.807) is 0 Å². The topological polar surface area (TPSA) is 76.7 Å². The van der Waals surface area contributed by atoms with Gasteiger partial charge in [-0.05, 0) is 29.8 Å². The molecule has 160 valence electrons. The summed E-state index contributed by atoms with van der Waals surface area (Å²) in [7, 11) is 1.31. The number of rotatable bonds is 10. The molecule has 0 fully saturated rings. The quantitative estimate of drug-likeness (QED) is 0.493. The second-order valence-corrected chi connectivity index (χ2v) is 6.96. The van der Waals surface area contributed by atoms with Crippen LogP contribution in [0.2, 0.25) is 0 Å². The number of ether oxygens (including phenoxy) is 2. The van der Waals surface area contributed by atoms with Crippen molar-refractivity contribution in [3.8, 4) is 5.75 Å². The number of anilines is 1. The highest BCUT2D eigenvalue weighted by molar-refractivity contribution is 5.89. The average Bonchev–Trinajstić information content (AvgIpc) is 2.82. The van der Waals surface area contributed by atoms with Crippen LogP contribution in [0.15, 0.2) is 91.0 Å². The summed E-state index contributed by atoms with van der Waals surface area (Å²) < 4.78 is 10.7. The summed E-state index contributed by atoms with van der Waals surface area (Å²) in [6.07, 6.45) is 0.330. The number of benzene rings is 3. The lowest BCUT2D eigenvalue weighted by Gasteiger charge is -2.23. The molecule has 31 heavy (non-hydrogen) atoms. The van der Waals surface area contributed by atoms with Crippen LogP contribution in [0, 0.1) is 0 Å². The van der Waals surface area contributed by atoms with Gasteiger partial charge in [-0.3, -0.25) is 4.79 Å². The third-order valence-electron chi connectivity index (χ3n) is 4.68. The SMILES string of the molecule is COC(=O)[C@H](Cc1ccccc1)NC(=O)[C@@H](COc1ccccc1)Nc1ccccc1. The Hall–Kier alpha value is -3.80. The molecule has 0 radical (unpaired) electrons. The van der Waals surface area contributed by atoms with E-state index in [-0.39, 0.29) is 12.5 Å². The van der Waals surface area contributed by atoms with E-state index in [2.05, 4.69) is 10.6 Å². The molecule has 2 N–H and O–H groups in total. The van der Waals surface area contributed by atoms with E-state index in [1.807, 2.05) is 91.0 Å². The number of para-hydroxylation sites is 2. The number of carbonyl (C=O) groups excluding carboxylic acids is 2. The number of amides is 1.